The summed E-state index contributed by atoms with van der Waals surface area (Å²) in [5.74, 6) is -1.37. The van der Waals surface area contributed by atoms with Crippen LogP contribution in [-0.4, -0.2) is 9.67 Å². The summed E-state index contributed by atoms with van der Waals surface area (Å²) in [7, 11) is 0. The summed E-state index contributed by atoms with van der Waals surface area (Å²) in [4.78, 5) is 0. The van der Waals surface area contributed by atoms with E-state index >= 15 is 0 Å². The molecule has 5 rings (SSSR count). The van der Waals surface area contributed by atoms with E-state index in [0.717, 1.165) is 39.9 Å². The molecule has 0 radical (unpaired) electrons. The Balaban J connectivity index is 1.92. The zero-order valence-corrected chi connectivity index (χ0v) is 28.2. The molecule has 4 aromatic carbocycles. The minimum Gasteiger partial charge on any atom is -0.505 e. The molecule has 4 heteroatoms. The van der Waals surface area contributed by atoms with Gasteiger partial charge >= 0.3 is 0 Å². The van der Waals surface area contributed by atoms with Crippen molar-refractivity contribution < 1.29 is 13.9 Å². The van der Waals surface area contributed by atoms with Gasteiger partial charge in [-0.1, -0.05) is 88.3 Å². The molecular formula is C40H47F2NO. The molecule has 0 unspecified atom stereocenters. The highest BCUT2D eigenvalue weighted by atomic mass is 19.1. The zero-order valence-electron chi connectivity index (χ0n) is 28.2. The van der Waals surface area contributed by atoms with Crippen LogP contribution < -0.4 is 0 Å². The number of hydrogen-bond donors (Lipinski definition) is 1. The van der Waals surface area contributed by atoms with Crippen LogP contribution >= 0.6 is 0 Å². The fourth-order valence-corrected chi connectivity index (χ4v) is 6.75. The molecule has 0 atom stereocenters. The minimum atomic E-state index is -0.679. The second-order valence-corrected chi connectivity index (χ2v) is 16.5. The van der Waals surface area contributed by atoms with Crippen LogP contribution in [0.25, 0.3) is 38.6 Å². The molecule has 0 spiro atoms. The summed E-state index contributed by atoms with van der Waals surface area (Å²) in [5.41, 5.74) is 6.35. The molecule has 0 fully saturated rings. The van der Waals surface area contributed by atoms with Crippen LogP contribution in [0, 0.1) is 17.0 Å². The zero-order chi connectivity index (χ0) is 32.6. The van der Waals surface area contributed by atoms with Crippen LogP contribution in [-0.2, 0) is 16.2 Å². The summed E-state index contributed by atoms with van der Waals surface area (Å²) in [6.45, 7) is 24.3. The number of hydrogen-bond acceptors (Lipinski definition) is 1. The van der Waals surface area contributed by atoms with Gasteiger partial charge in [0.15, 0.2) is 0 Å². The van der Waals surface area contributed by atoms with Crippen LogP contribution in [0.1, 0.15) is 99.3 Å². The van der Waals surface area contributed by atoms with Gasteiger partial charge in [0.1, 0.15) is 17.4 Å². The number of benzene rings is 4. The van der Waals surface area contributed by atoms with Crippen molar-refractivity contribution in [3.8, 4) is 22.6 Å². The van der Waals surface area contributed by atoms with E-state index in [2.05, 4.69) is 123 Å². The van der Waals surface area contributed by atoms with Crippen molar-refractivity contribution in [2.75, 3.05) is 0 Å². The van der Waals surface area contributed by atoms with Crippen LogP contribution in [0.4, 0.5) is 8.78 Å². The van der Waals surface area contributed by atoms with Crippen LogP contribution in [0.5, 0.6) is 5.75 Å². The number of fused-ring (bicyclic) bond motifs is 3. The Bertz CT molecular complexity index is 1800. The minimum absolute atomic E-state index is 0.0103. The highest BCUT2D eigenvalue weighted by Crippen LogP contribution is 2.46. The van der Waals surface area contributed by atoms with Gasteiger partial charge in [-0.2, -0.15) is 0 Å². The van der Waals surface area contributed by atoms with E-state index in [-0.39, 0.29) is 27.4 Å². The number of phenolic OH excluding ortho intramolecular Hbond substituents is 1. The van der Waals surface area contributed by atoms with Gasteiger partial charge in [-0.05, 0) is 98.9 Å². The topological polar surface area (TPSA) is 25.2 Å². The molecule has 0 aliphatic rings. The third kappa shape index (κ3) is 6.01. The average Bonchev–Trinajstić information content (AvgIpc) is 3.18. The molecule has 0 amide bonds. The third-order valence-corrected chi connectivity index (χ3v) is 8.76. The van der Waals surface area contributed by atoms with E-state index in [4.69, 9.17) is 0 Å². The Hall–Kier alpha value is -3.66. The molecule has 1 aromatic heterocycles. The summed E-state index contributed by atoms with van der Waals surface area (Å²) >= 11 is 0. The maximum atomic E-state index is 14.5. The van der Waals surface area contributed by atoms with Crippen molar-refractivity contribution in [2.45, 2.75) is 98.8 Å². The highest BCUT2D eigenvalue weighted by molar-refractivity contribution is 6.10. The lowest BCUT2D eigenvalue weighted by atomic mass is 9.71. The van der Waals surface area contributed by atoms with Crippen LogP contribution in [0.2, 0.25) is 0 Å². The lowest BCUT2D eigenvalue weighted by Gasteiger charge is -2.34. The molecule has 0 saturated heterocycles. The molecule has 1 N–H and O–H groups in total. The van der Waals surface area contributed by atoms with Crippen LogP contribution in [0.3, 0.4) is 0 Å². The number of rotatable bonds is 4. The van der Waals surface area contributed by atoms with E-state index in [1.54, 1.807) is 0 Å². The van der Waals surface area contributed by atoms with Crippen molar-refractivity contribution >= 4 is 21.8 Å². The molecule has 5 aromatic rings. The Morgan fingerprint density at radius 3 is 1.50 bits per heavy atom. The second kappa shape index (κ2) is 10.5. The summed E-state index contributed by atoms with van der Waals surface area (Å²) in [5, 5.41) is 14.3. The van der Waals surface area contributed by atoms with Crippen LogP contribution in [0.15, 0.2) is 66.7 Å². The predicted molar refractivity (Wildman–Crippen MR) is 182 cm³/mol. The molecule has 0 aliphatic carbocycles. The first-order chi connectivity index (χ1) is 20.2. The normalized spacial score (nSPS) is 13.3. The van der Waals surface area contributed by atoms with E-state index < -0.39 is 11.6 Å². The molecular weight excluding hydrogens is 548 g/mol. The quantitative estimate of drug-likeness (QED) is 0.220. The first kappa shape index (κ1) is 31.8. The largest absolute Gasteiger partial charge is 0.505 e. The van der Waals surface area contributed by atoms with E-state index in [0.29, 0.717) is 16.8 Å². The van der Waals surface area contributed by atoms with Crippen molar-refractivity contribution in [1.29, 1.82) is 0 Å². The Morgan fingerprint density at radius 1 is 0.591 bits per heavy atom. The number of nitrogens with zero attached hydrogens (tertiary/aromatic N) is 1. The standard InChI is InChI=1S/C40H47F2NO/c1-37(2,3)23-40(10,11)27-20-30(24-16-28(41)22-29(42)17-24)36(44)35(21-27)43-33-14-12-25(38(4,5)6)18-31(33)32-19-26(39(7,8)9)13-15-34(32)43/h12-22,44H,23H2,1-11H3. The number of aromatic hydroxyl groups is 1. The number of phenols is 1. The van der Waals surface area contributed by atoms with Gasteiger partial charge in [0.25, 0.3) is 0 Å². The monoisotopic (exact) mass is 595 g/mol. The molecule has 44 heavy (non-hydrogen) atoms. The van der Waals surface area contributed by atoms with Gasteiger partial charge in [0, 0.05) is 22.4 Å². The fraction of sp³-hybridized carbons (Fsp3) is 0.400. The molecule has 2 nitrogen and oxygen atoms in total. The lowest BCUT2D eigenvalue weighted by Crippen LogP contribution is -2.25. The summed E-state index contributed by atoms with van der Waals surface area (Å²) in [6, 6.07) is 20.6. The molecule has 0 saturated carbocycles. The van der Waals surface area contributed by atoms with Gasteiger partial charge < -0.3 is 9.67 Å². The van der Waals surface area contributed by atoms with Crippen molar-refractivity contribution in [3.05, 3.63) is 95.1 Å². The Morgan fingerprint density at radius 2 is 1.07 bits per heavy atom. The average molecular weight is 596 g/mol. The molecule has 0 bridgehead atoms. The van der Waals surface area contributed by atoms with Crippen molar-refractivity contribution in [3.63, 3.8) is 0 Å². The molecule has 1 heterocycles. The summed E-state index contributed by atoms with van der Waals surface area (Å²) < 4.78 is 31.2. The maximum absolute atomic E-state index is 14.5. The van der Waals surface area contributed by atoms with Gasteiger partial charge in [0.2, 0.25) is 0 Å². The van der Waals surface area contributed by atoms with E-state index in [1.807, 2.05) is 6.07 Å². The SMILES string of the molecule is CC(C)(C)CC(C)(C)c1cc(-c2cc(F)cc(F)c2)c(O)c(-n2c3ccc(C(C)(C)C)cc3c3cc(C(C)(C)C)ccc32)c1. The summed E-state index contributed by atoms with van der Waals surface area (Å²) in [6.07, 6.45) is 0.873. The van der Waals surface area contributed by atoms with Gasteiger partial charge in [-0.15, -0.1) is 0 Å². The van der Waals surface area contributed by atoms with Gasteiger partial charge in [0.05, 0.1) is 16.7 Å². The van der Waals surface area contributed by atoms with Gasteiger partial charge in [-0.25, -0.2) is 8.78 Å². The smallest absolute Gasteiger partial charge is 0.147 e. The Labute approximate surface area is 261 Å². The molecule has 0 aliphatic heterocycles. The third-order valence-electron chi connectivity index (χ3n) is 8.76. The number of halogens is 2. The number of aromatic nitrogens is 1. The first-order valence-corrected chi connectivity index (χ1v) is 15.6. The van der Waals surface area contributed by atoms with E-state index in [9.17, 15) is 13.9 Å². The highest BCUT2D eigenvalue weighted by Gasteiger charge is 2.30. The van der Waals surface area contributed by atoms with E-state index in [1.165, 1.54) is 23.3 Å². The second-order valence-electron chi connectivity index (χ2n) is 16.5. The Kier molecular flexibility index (Phi) is 7.55. The fourth-order valence-electron chi connectivity index (χ4n) is 6.75. The lowest BCUT2D eigenvalue weighted by molar-refractivity contribution is 0.284. The molecule has 232 valence electrons. The van der Waals surface area contributed by atoms with Crippen molar-refractivity contribution in [1.82, 2.24) is 4.57 Å². The first-order valence-electron chi connectivity index (χ1n) is 15.6. The predicted octanol–water partition coefficient (Wildman–Crippen LogP) is 11.7. The maximum Gasteiger partial charge on any atom is 0.147 e. The van der Waals surface area contributed by atoms with Gasteiger partial charge in [-0.3, -0.25) is 0 Å². The van der Waals surface area contributed by atoms with Crippen molar-refractivity contribution in [2.24, 2.45) is 5.41 Å².